The van der Waals surface area contributed by atoms with Gasteiger partial charge in [-0.05, 0) is 12.8 Å². The fraction of sp³-hybridized carbons (Fsp3) is 1.00. The molecule has 0 aromatic heterocycles. The zero-order valence-electron chi connectivity index (χ0n) is 7.68. The second kappa shape index (κ2) is 4.95. The molecule has 1 saturated heterocycles. The largest absolute Gasteiger partial charge is 0.406 e. The molecule has 1 heterocycles. The van der Waals surface area contributed by atoms with Crippen molar-refractivity contribution < 1.29 is 23.0 Å². The molecule has 0 saturated carbocycles. The highest BCUT2D eigenvalue weighted by atomic mass is 19.4. The van der Waals surface area contributed by atoms with Gasteiger partial charge in [-0.3, -0.25) is 0 Å². The second-order valence-electron chi connectivity index (χ2n) is 3.32. The average Bonchev–Trinajstić information content (AvgIpc) is 2.55. The molecule has 2 N–H and O–H groups in total. The van der Waals surface area contributed by atoms with Crippen LogP contribution in [0.25, 0.3) is 0 Å². The third-order valence-electron chi connectivity index (χ3n) is 2.19. The van der Waals surface area contributed by atoms with Crippen LogP contribution in [-0.2, 0) is 4.74 Å². The highest BCUT2D eigenvalue weighted by molar-refractivity contribution is 4.77. The topological polar surface area (TPSA) is 41.5 Å². The Hall–Kier alpha value is -0.330. The predicted molar refractivity (Wildman–Crippen MR) is 43.9 cm³/mol. The maximum atomic E-state index is 12.1. The molecule has 2 atom stereocenters. The van der Waals surface area contributed by atoms with Crippen LogP contribution < -0.4 is 5.32 Å². The first-order chi connectivity index (χ1) is 6.54. The van der Waals surface area contributed by atoms with Crippen molar-refractivity contribution in [1.82, 2.24) is 5.32 Å². The fourth-order valence-corrected chi connectivity index (χ4v) is 1.36. The van der Waals surface area contributed by atoms with Gasteiger partial charge in [0.15, 0.2) is 0 Å². The normalized spacial score (nSPS) is 25.3. The molecule has 1 rings (SSSR count). The van der Waals surface area contributed by atoms with E-state index < -0.39 is 18.8 Å². The van der Waals surface area contributed by atoms with Crippen LogP contribution >= 0.6 is 0 Å². The zero-order valence-corrected chi connectivity index (χ0v) is 7.68. The van der Waals surface area contributed by atoms with Crippen LogP contribution in [0.4, 0.5) is 13.2 Å². The highest BCUT2D eigenvalue weighted by Crippen LogP contribution is 2.20. The molecule has 1 fully saturated rings. The summed E-state index contributed by atoms with van der Waals surface area (Å²) in [5.74, 6) is 0. The lowest BCUT2D eigenvalue weighted by Crippen LogP contribution is -2.47. The SMILES string of the molecule is OCC(NCC1CCCO1)C(F)(F)F. The Morgan fingerprint density at radius 2 is 2.21 bits per heavy atom. The number of halogens is 3. The van der Waals surface area contributed by atoms with Crippen molar-refractivity contribution in [2.24, 2.45) is 0 Å². The van der Waals surface area contributed by atoms with Crippen LogP contribution in [0.3, 0.4) is 0 Å². The van der Waals surface area contributed by atoms with Crippen LogP contribution in [0.2, 0.25) is 0 Å². The zero-order chi connectivity index (χ0) is 10.6. The molecule has 14 heavy (non-hydrogen) atoms. The van der Waals surface area contributed by atoms with E-state index in [4.69, 9.17) is 9.84 Å². The highest BCUT2D eigenvalue weighted by Gasteiger charge is 2.39. The van der Waals surface area contributed by atoms with Crippen LogP contribution in [0, 0.1) is 0 Å². The number of hydrogen-bond donors (Lipinski definition) is 2. The molecular formula is C8H14F3NO2. The van der Waals surface area contributed by atoms with Crippen molar-refractivity contribution in [1.29, 1.82) is 0 Å². The smallest absolute Gasteiger partial charge is 0.394 e. The van der Waals surface area contributed by atoms with Crippen LogP contribution in [-0.4, -0.2) is 43.2 Å². The number of hydrogen-bond acceptors (Lipinski definition) is 3. The fourth-order valence-electron chi connectivity index (χ4n) is 1.36. The summed E-state index contributed by atoms with van der Waals surface area (Å²) in [6.07, 6.45) is -2.87. The van der Waals surface area contributed by atoms with Crippen molar-refractivity contribution in [3.05, 3.63) is 0 Å². The van der Waals surface area contributed by atoms with Gasteiger partial charge in [-0.2, -0.15) is 13.2 Å². The Bertz CT molecular complexity index is 168. The van der Waals surface area contributed by atoms with Gasteiger partial charge < -0.3 is 15.2 Å². The second-order valence-corrected chi connectivity index (χ2v) is 3.32. The first kappa shape index (κ1) is 11.7. The third kappa shape index (κ3) is 3.43. The van der Waals surface area contributed by atoms with E-state index in [-0.39, 0.29) is 12.6 Å². The van der Waals surface area contributed by atoms with E-state index in [9.17, 15) is 13.2 Å². The summed E-state index contributed by atoms with van der Waals surface area (Å²) in [4.78, 5) is 0. The summed E-state index contributed by atoms with van der Waals surface area (Å²) < 4.78 is 41.5. The molecule has 0 aromatic carbocycles. The number of rotatable bonds is 4. The minimum atomic E-state index is -4.40. The van der Waals surface area contributed by atoms with Gasteiger partial charge in [-0.25, -0.2) is 0 Å². The number of aliphatic hydroxyl groups excluding tert-OH is 1. The molecule has 0 spiro atoms. The molecule has 1 aliphatic heterocycles. The summed E-state index contributed by atoms with van der Waals surface area (Å²) in [5, 5.41) is 10.8. The summed E-state index contributed by atoms with van der Waals surface area (Å²) >= 11 is 0. The van der Waals surface area contributed by atoms with E-state index in [1.165, 1.54) is 0 Å². The number of ether oxygens (including phenoxy) is 1. The van der Waals surface area contributed by atoms with Gasteiger partial charge in [0.1, 0.15) is 6.04 Å². The summed E-state index contributed by atoms with van der Waals surface area (Å²) in [6.45, 7) is -0.177. The van der Waals surface area contributed by atoms with E-state index in [0.717, 1.165) is 12.8 Å². The first-order valence-corrected chi connectivity index (χ1v) is 4.56. The lowest BCUT2D eigenvalue weighted by Gasteiger charge is -2.21. The molecule has 0 amide bonds. The Kier molecular flexibility index (Phi) is 4.15. The van der Waals surface area contributed by atoms with Gasteiger partial charge in [0.05, 0.1) is 12.7 Å². The Labute approximate surface area is 80.2 Å². The molecule has 84 valence electrons. The van der Waals surface area contributed by atoms with Gasteiger partial charge in [-0.1, -0.05) is 0 Å². The van der Waals surface area contributed by atoms with Crippen molar-refractivity contribution in [3.8, 4) is 0 Å². The lowest BCUT2D eigenvalue weighted by atomic mass is 10.2. The number of nitrogens with one attached hydrogen (secondary N) is 1. The van der Waals surface area contributed by atoms with Gasteiger partial charge in [0.2, 0.25) is 0 Å². The minimum absolute atomic E-state index is 0.144. The van der Waals surface area contributed by atoms with Crippen molar-refractivity contribution in [2.45, 2.75) is 31.2 Å². The Balaban J connectivity index is 2.26. The maximum absolute atomic E-state index is 12.1. The summed E-state index contributed by atoms with van der Waals surface area (Å²) in [7, 11) is 0. The molecule has 0 aromatic rings. The Morgan fingerprint density at radius 3 is 2.64 bits per heavy atom. The van der Waals surface area contributed by atoms with Gasteiger partial charge in [-0.15, -0.1) is 0 Å². The quantitative estimate of drug-likeness (QED) is 0.721. The lowest BCUT2D eigenvalue weighted by molar-refractivity contribution is -0.164. The first-order valence-electron chi connectivity index (χ1n) is 4.56. The predicted octanol–water partition coefficient (Wildman–Crippen LogP) is 0.678. The van der Waals surface area contributed by atoms with E-state index in [1.54, 1.807) is 0 Å². The summed E-state index contributed by atoms with van der Waals surface area (Å²) in [6, 6.07) is -1.84. The molecular weight excluding hydrogens is 199 g/mol. The average molecular weight is 213 g/mol. The molecule has 0 aliphatic carbocycles. The van der Waals surface area contributed by atoms with Gasteiger partial charge in [0, 0.05) is 13.2 Å². The van der Waals surface area contributed by atoms with Crippen LogP contribution in [0.1, 0.15) is 12.8 Å². The number of aliphatic hydroxyl groups is 1. The number of alkyl halides is 3. The van der Waals surface area contributed by atoms with Crippen molar-refractivity contribution in [2.75, 3.05) is 19.8 Å². The molecule has 1 aliphatic rings. The van der Waals surface area contributed by atoms with E-state index in [1.807, 2.05) is 0 Å². The van der Waals surface area contributed by atoms with Gasteiger partial charge in [0.25, 0.3) is 0 Å². The molecule has 0 radical (unpaired) electrons. The molecule has 2 unspecified atom stereocenters. The van der Waals surface area contributed by atoms with Crippen LogP contribution in [0.5, 0.6) is 0 Å². The maximum Gasteiger partial charge on any atom is 0.406 e. The molecule has 3 nitrogen and oxygen atoms in total. The van der Waals surface area contributed by atoms with E-state index in [2.05, 4.69) is 5.32 Å². The Morgan fingerprint density at radius 1 is 1.50 bits per heavy atom. The minimum Gasteiger partial charge on any atom is -0.394 e. The van der Waals surface area contributed by atoms with Gasteiger partial charge >= 0.3 is 6.18 Å². The van der Waals surface area contributed by atoms with E-state index in [0.29, 0.717) is 6.61 Å². The van der Waals surface area contributed by atoms with Crippen LogP contribution in [0.15, 0.2) is 0 Å². The monoisotopic (exact) mass is 213 g/mol. The van der Waals surface area contributed by atoms with Crippen molar-refractivity contribution >= 4 is 0 Å². The third-order valence-corrected chi connectivity index (χ3v) is 2.19. The van der Waals surface area contributed by atoms with Crippen molar-refractivity contribution in [3.63, 3.8) is 0 Å². The molecule has 6 heteroatoms. The summed E-state index contributed by atoms with van der Waals surface area (Å²) in [5.41, 5.74) is 0. The standard InChI is InChI=1S/C8H14F3NO2/c9-8(10,11)7(5-13)12-4-6-2-1-3-14-6/h6-7,12-13H,1-5H2. The van der Waals surface area contributed by atoms with E-state index >= 15 is 0 Å². The molecule has 0 bridgehead atoms.